The van der Waals surface area contributed by atoms with E-state index >= 15 is 0 Å². The first-order valence-corrected chi connectivity index (χ1v) is 5.84. The van der Waals surface area contributed by atoms with Crippen LogP contribution >= 0.6 is 0 Å². The minimum atomic E-state index is 1.03. The van der Waals surface area contributed by atoms with Crippen LogP contribution in [0.5, 0.6) is 0 Å². The maximum Gasteiger partial charge on any atom is 0.134 e. The molecule has 0 bridgehead atoms. The van der Waals surface area contributed by atoms with Gasteiger partial charge in [0.1, 0.15) is 11.3 Å². The van der Waals surface area contributed by atoms with Gasteiger partial charge in [-0.05, 0) is 36.6 Å². The number of aryl methyl sites for hydroxylation is 2. The Hall–Kier alpha value is -1.24. The summed E-state index contributed by atoms with van der Waals surface area (Å²) in [6.45, 7) is 4.39. The monoisotopic (exact) mass is 202 g/mol. The SMILES string of the molecule is CCCc1ccc2oc(CCC)cc2c1. The molecule has 2 rings (SSSR count). The van der Waals surface area contributed by atoms with E-state index in [2.05, 4.69) is 38.1 Å². The van der Waals surface area contributed by atoms with Gasteiger partial charge < -0.3 is 4.42 Å². The Bertz CT molecular complexity index is 436. The van der Waals surface area contributed by atoms with Gasteiger partial charge in [0.25, 0.3) is 0 Å². The lowest BCUT2D eigenvalue weighted by molar-refractivity contribution is 0.544. The lowest BCUT2D eigenvalue weighted by Crippen LogP contribution is -1.80. The second-order valence-electron chi connectivity index (χ2n) is 4.08. The maximum atomic E-state index is 5.74. The molecule has 15 heavy (non-hydrogen) atoms. The first kappa shape index (κ1) is 10.3. The van der Waals surface area contributed by atoms with Crippen molar-refractivity contribution in [2.45, 2.75) is 39.5 Å². The summed E-state index contributed by atoms with van der Waals surface area (Å²) < 4.78 is 5.74. The summed E-state index contributed by atoms with van der Waals surface area (Å²) in [5.74, 6) is 1.11. The summed E-state index contributed by atoms with van der Waals surface area (Å²) in [4.78, 5) is 0. The molecule has 0 aliphatic heterocycles. The normalized spacial score (nSPS) is 11.1. The van der Waals surface area contributed by atoms with Crippen LogP contribution in [-0.2, 0) is 12.8 Å². The van der Waals surface area contributed by atoms with Crippen molar-refractivity contribution in [3.63, 3.8) is 0 Å². The molecule has 0 fully saturated rings. The zero-order chi connectivity index (χ0) is 10.7. The quantitative estimate of drug-likeness (QED) is 0.719. The first-order valence-electron chi connectivity index (χ1n) is 5.84. The van der Waals surface area contributed by atoms with Crippen molar-refractivity contribution in [2.24, 2.45) is 0 Å². The van der Waals surface area contributed by atoms with Crippen molar-refractivity contribution >= 4 is 11.0 Å². The molecule has 2 aromatic rings. The van der Waals surface area contributed by atoms with E-state index in [1.54, 1.807) is 0 Å². The Labute approximate surface area is 91.1 Å². The van der Waals surface area contributed by atoms with Crippen LogP contribution in [-0.4, -0.2) is 0 Å². The lowest BCUT2D eigenvalue weighted by Gasteiger charge is -1.96. The summed E-state index contributed by atoms with van der Waals surface area (Å²) in [6, 6.07) is 8.70. The van der Waals surface area contributed by atoms with E-state index in [9.17, 15) is 0 Å². The van der Waals surface area contributed by atoms with Gasteiger partial charge in [-0.2, -0.15) is 0 Å². The van der Waals surface area contributed by atoms with Crippen LogP contribution in [0, 0.1) is 0 Å². The molecule has 0 N–H and O–H groups in total. The highest BCUT2D eigenvalue weighted by atomic mass is 16.3. The highest BCUT2D eigenvalue weighted by Crippen LogP contribution is 2.22. The fourth-order valence-electron chi connectivity index (χ4n) is 1.96. The Balaban J connectivity index is 2.34. The molecule has 1 aromatic heterocycles. The van der Waals surface area contributed by atoms with Crippen LogP contribution in [0.15, 0.2) is 28.7 Å². The van der Waals surface area contributed by atoms with Gasteiger partial charge in [-0.3, -0.25) is 0 Å². The molecule has 0 aliphatic carbocycles. The maximum absolute atomic E-state index is 5.74. The van der Waals surface area contributed by atoms with Gasteiger partial charge in [0.05, 0.1) is 0 Å². The van der Waals surface area contributed by atoms with Gasteiger partial charge in [0, 0.05) is 11.8 Å². The number of hydrogen-bond donors (Lipinski definition) is 0. The number of hydrogen-bond acceptors (Lipinski definition) is 1. The minimum Gasteiger partial charge on any atom is -0.461 e. The van der Waals surface area contributed by atoms with E-state index in [1.807, 2.05) is 0 Å². The molecule has 0 radical (unpaired) electrons. The third kappa shape index (κ3) is 2.23. The van der Waals surface area contributed by atoms with Crippen molar-refractivity contribution in [3.8, 4) is 0 Å². The molecule has 0 spiro atoms. The molecule has 1 heterocycles. The summed E-state index contributed by atoms with van der Waals surface area (Å²) in [6.07, 6.45) is 4.54. The molecule has 0 amide bonds. The second-order valence-corrected chi connectivity index (χ2v) is 4.08. The van der Waals surface area contributed by atoms with Crippen molar-refractivity contribution < 1.29 is 4.42 Å². The fraction of sp³-hybridized carbons (Fsp3) is 0.429. The van der Waals surface area contributed by atoms with Crippen LogP contribution in [0.2, 0.25) is 0 Å². The van der Waals surface area contributed by atoms with Crippen molar-refractivity contribution in [1.29, 1.82) is 0 Å². The predicted octanol–water partition coefficient (Wildman–Crippen LogP) is 4.34. The molecule has 1 nitrogen and oxygen atoms in total. The smallest absolute Gasteiger partial charge is 0.134 e. The van der Waals surface area contributed by atoms with Crippen LogP contribution in [0.3, 0.4) is 0 Å². The number of rotatable bonds is 4. The fourth-order valence-corrected chi connectivity index (χ4v) is 1.96. The number of furan rings is 1. The predicted molar refractivity (Wildman–Crippen MR) is 64.2 cm³/mol. The van der Waals surface area contributed by atoms with Crippen molar-refractivity contribution in [1.82, 2.24) is 0 Å². The zero-order valence-electron chi connectivity index (χ0n) is 9.55. The molecule has 0 saturated heterocycles. The van der Waals surface area contributed by atoms with Gasteiger partial charge >= 0.3 is 0 Å². The summed E-state index contributed by atoms with van der Waals surface area (Å²) in [5, 5.41) is 1.25. The molecule has 1 heteroatoms. The highest BCUT2D eigenvalue weighted by molar-refractivity contribution is 5.78. The van der Waals surface area contributed by atoms with Gasteiger partial charge in [-0.25, -0.2) is 0 Å². The van der Waals surface area contributed by atoms with Crippen LogP contribution < -0.4 is 0 Å². The van der Waals surface area contributed by atoms with Gasteiger partial charge in [-0.15, -0.1) is 0 Å². The molecule has 1 aromatic carbocycles. The Kier molecular flexibility index (Phi) is 3.10. The van der Waals surface area contributed by atoms with Crippen LogP contribution in [0.4, 0.5) is 0 Å². The van der Waals surface area contributed by atoms with Gasteiger partial charge in [-0.1, -0.05) is 26.3 Å². The summed E-state index contributed by atoms with van der Waals surface area (Å²) in [7, 11) is 0. The van der Waals surface area contributed by atoms with Gasteiger partial charge in [0.2, 0.25) is 0 Å². The molecule has 0 unspecified atom stereocenters. The van der Waals surface area contributed by atoms with Gasteiger partial charge in [0.15, 0.2) is 0 Å². The third-order valence-electron chi connectivity index (χ3n) is 2.67. The molecular formula is C14H18O. The lowest BCUT2D eigenvalue weighted by atomic mass is 10.1. The topological polar surface area (TPSA) is 13.1 Å². The van der Waals surface area contributed by atoms with E-state index in [4.69, 9.17) is 4.42 Å². The Morgan fingerprint density at radius 3 is 2.53 bits per heavy atom. The number of benzene rings is 1. The molecular weight excluding hydrogens is 184 g/mol. The van der Waals surface area contributed by atoms with E-state index in [0.717, 1.165) is 30.6 Å². The Morgan fingerprint density at radius 2 is 1.80 bits per heavy atom. The molecule has 0 atom stereocenters. The third-order valence-corrected chi connectivity index (χ3v) is 2.67. The Morgan fingerprint density at radius 1 is 1.00 bits per heavy atom. The van der Waals surface area contributed by atoms with Crippen LogP contribution in [0.25, 0.3) is 11.0 Å². The van der Waals surface area contributed by atoms with E-state index in [0.29, 0.717) is 0 Å². The number of fused-ring (bicyclic) bond motifs is 1. The van der Waals surface area contributed by atoms with Crippen molar-refractivity contribution in [2.75, 3.05) is 0 Å². The zero-order valence-corrected chi connectivity index (χ0v) is 9.55. The largest absolute Gasteiger partial charge is 0.461 e. The average Bonchev–Trinajstić information content (AvgIpc) is 2.60. The minimum absolute atomic E-state index is 1.03. The van der Waals surface area contributed by atoms with Crippen molar-refractivity contribution in [3.05, 3.63) is 35.6 Å². The summed E-state index contributed by atoms with van der Waals surface area (Å²) in [5.41, 5.74) is 2.44. The van der Waals surface area contributed by atoms with E-state index < -0.39 is 0 Å². The van der Waals surface area contributed by atoms with Crippen LogP contribution in [0.1, 0.15) is 38.0 Å². The standard InChI is InChI=1S/C14H18O/c1-3-5-11-7-8-14-12(9-11)10-13(15-14)6-4-2/h7-10H,3-6H2,1-2H3. The second kappa shape index (κ2) is 4.52. The molecule has 0 saturated carbocycles. The summed E-state index contributed by atoms with van der Waals surface area (Å²) >= 11 is 0. The molecule has 0 aliphatic rings. The van der Waals surface area contributed by atoms with E-state index in [1.165, 1.54) is 17.4 Å². The first-order chi connectivity index (χ1) is 7.33. The van der Waals surface area contributed by atoms with E-state index in [-0.39, 0.29) is 0 Å². The highest BCUT2D eigenvalue weighted by Gasteiger charge is 2.03. The average molecular weight is 202 g/mol. The molecule has 80 valence electrons.